The van der Waals surface area contributed by atoms with Gasteiger partial charge < -0.3 is 15.0 Å². The number of carbonyl (C=O) groups is 2. The minimum Gasteiger partial charge on any atom is -0.483 e. The first-order valence-corrected chi connectivity index (χ1v) is 9.64. The first-order valence-electron chi connectivity index (χ1n) is 8.88. The van der Waals surface area contributed by atoms with Gasteiger partial charge in [0.15, 0.2) is 6.61 Å². The number of nitrogens with one attached hydrogen (secondary N) is 1. The number of hydrogen-bond donors (Lipinski definition) is 1. The monoisotopic (exact) mass is 422 g/mol. The Labute approximate surface area is 175 Å². The maximum Gasteiger partial charge on any atom is 0.261 e. The summed E-state index contributed by atoms with van der Waals surface area (Å²) in [6.45, 7) is 5.63. The summed E-state index contributed by atoms with van der Waals surface area (Å²) in [5.41, 5.74) is 2.83. The molecule has 0 unspecified atom stereocenters. The van der Waals surface area contributed by atoms with E-state index in [2.05, 4.69) is 5.32 Å². The van der Waals surface area contributed by atoms with E-state index in [0.29, 0.717) is 15.8 Å². The minimum atomic E-state index is -0.672. The van der Waals surface area contributed by atoms with Crippen LogP contribution in [-0.4, -0.2) is 36.4 Å². The SMILES string of the molecule is CNC(=O)[C@@H](C)N(Cc1ccc(Cl)c(Cl)c1)C(=O)COc1cccc(C)c1C. The van der Waals surface area contributed by atoms with Crippen LogP contribution in [0.3, 0.4) is 0 Å². The predicted molar refractivity (Wildman–Crippen MR) is 112 cm³/mol. The van der Waals surface area contributed by atoms with Gasteiger partial charge in [-0.15, -0.1) is 0 Å². The van der Waals surface area contributed by atoms with Crippen molar-refractivity contribution in [2.75, 3.05) is 13.7 Å². The molecule has 2 aromatic rings. The zero-order chi connectivity index (χ0) is 20.8. The molecule has 0 spiro atoms. The Hall–Kier alpha value is -2.24. The summed E-state index contributed by atoms with van der Waals surface area (Å²) in [5, 5.41) is 3.40. The van der Waals surface area contributed by atoms with Gasteiger partial charge in [-0.25, -0.2) is 0 Å². The lowest BCUT2D eigenvalue weighted by Crippen LogP contribution is -2.48. The smallest absolute Gasteiger partial charge is 0.261 e. The number of ether oxygens (including phenoxy) is 1. The quantitative estimate of drug-likeness (QED) is 0.728. The van der Waals surface area contributed by atoms with Crippen molar-refractivity contribution in [1.29, 1.82) is 0 Å². The Kier molecular flexibility index (Phi) is 7.72. The van der Waals surface area contributed by atoms with Crippen molar-refractivity contribution in [2.45, 2.75) is 33.4 Å². The third-order valence-electron chi connectivity index (χ3n) is 4.66. The average molecular weight is 423 g/mol. The molecule has 1 N–H and O–H groups in total. The van der Waals surface area contributed by atoms with Crippen molar-refractivity contribution in [3.63, 3.8) is 0 Å². The zero-order valence-corrected chi connectivity index (χ0v) is 17.9. The molecule has 0 saturated heterocycles. The fourth-order valence-electron chi connectivity index (χ4n) is 2.73. The Morgan fingerprint density at radius 3 is 2.50 bits per heavy atom. The molecule has 2 amide bonds. The lowest BCUT2D eigenvalue weighted by Gasteiger charge is -2.28. The van der Waals surface area contributed by atoms with Crippen molar-refractivity contribution in [3.05, 3.63) is 63.1 Å². The lowest BCUT2D eigenvalue weighted by molar-refractivity contribution is -0.142. The molecular formula is C21H24Cl2N2O3. The van der Waals surface area contributed by atoms with Crippen LogP contribution in [0, 0.1) is 13.8 Å². The summed E-state index contributed by atoms with van der Waals surface area (Å²) < 4.78 is 5.73. The van der Waals surface area contributed by atoms with E-state index in [1.54, 1.807) is 25.1 Å². The highest BCUT2D eigenvalue weighted by atomic mass is 35.5. The van der Waals surface area contributed by atoms with Crippen molar-refractivity contribution >= 4 is 35.0 Å². The van der Waals surface area contributed by atoms with Gasteiger partial charge in [-0.1, -0.05) is 41.4 Å². The summed E-state index contributed by atoms with van der Waals surface area (Å²) in [6.07, 6.45) is 0. The fourth-order valence-corrected chi connectivity index (χ4v) is 3.05. The van der Waals surface area contributed by atoms with E-state index < -0.39 is 6.04 Å². The highest BCUT2D eigenvalue weighted by molar-refractivity contribution is 6.42. The van der Waals surface area contributed by atoms with Crippen molar-refractivity contribution in [3.8, 4) is 5.75 Å². The molecule has 7 heteroatoms. The molecule has 0 radical (unpaired) electrons. The lowest BCUT2D eigenvalue weighted by atomic mass is 10.1. The first-order chi connectivity index (χ1) is 13.2. The zero-order valence-electron chi connectivity index (χ0n) is 16.4. The van der Waals surface area contributed by atoms with Crippen LogP contribution >= 0.6 is 23.2 Å². The van der Waals surface area contributed by atoms with Crippen LogP contribution in [0.15, 0.2) is 36.4 Å². The van der Waals surface area contributed by atoms with E-state index in [1.807, 2.05) is 32.0 Å². The normalized spacial score (nSPS) is 11.6. The third kappa shape index (κ3) is 5.40. The summed E-state index contributed by atoms with van der Waals surface area (Å²) >= 11 is 12.0. The van der Waals surface area contributed by atoms with Gasteiger partial charge in [0, 0.05) is 13.6 Å². The van der Waals surface area contributed by atoms with E-state index in [1.165, 1.54) is 11.9 Å². The molecule has 0 heterocycles. The number of nitrogens with zero attached hydrogens (tertiary/aromatic N) is 1. The molecule has 0 bridgehead atoms. The van der Waals surface area contributed by atoms with Crippen LogP contribution in [0.5, 0.6) is 5.75 Å². The maximum atomic E-state index is 12.9. The van der Waals surface area contributed by atoms with E-state index >= 15 is 0 Å². The van der Waals surface area contributed by atoms with E-state index in [0.717, 1.165) is 16.7 Å². The van der Waals surface area contributed by atoms with Gasteiger partial charge >= 0.3 is 0 Å². The van der Waals surface area contributed by atoms with Crippen molar-refractivity contribution < 1.29 is 14.3 Å². The number of amides is 2. The molecular weight excluding hydrogens is 399 g/mol. The van der Waals surface area contributed by atoms with Gasteiger partial charge in [0.1, 0.15) is 11.8 Å². The number of aryl methyl sites for hydroxylation is 1. The Morgan fingerprint density at radius 1 is 1.14 bits per heavy atom. The van der Waals surface area contributed by atoms with Gasteiger partial charge in [0.05, 0.1) is 10.0 Å². The van der Waals surface area contributed by atoms with E-state index in [-0.39, 0.29) is 25.0 Å². The predicted octanol–water partition coefficient (Wildman–Crippen LogP) is 4.15. The van der Waals surface area contributed by atoms with Gasteiger partial charge in [-0.2, -0.15) is 0 Å². The first kappa shape index (κ1) is 22.1. The molecule has 0 aliphatic carbocycles. The van der Waals surface area contributed by atoms with Crippen LogP contribution in [0.1, 0.15) is 23.6 Å². The minimum absolute atomic E-state index is 0.174. The molecule has 2 rings (SSSR count). The second-order valence-electron chi connectivity index (χ2n) is 6.55. The van der Waals surface area contributed by atoms with Crippen molar-refractivity contribution in [1.82, 2.24) is 10.2 Å². The summed E-state index contributed by atoms with van der Waals surface area (Å²) in [7, 11) is 1.53. The Balaban J connectivity index is 2.19. The van der Waals surface area contributed by atoms with Crippen molar-refractivity contribution in [2.24, 2.45) is 0 Å². The molecule has 0 saturated carbocycles. The molecule has 5 nitrogen and oxygen atoms in total. The second kappa shape index (κ2) is 9.80. The number of benzene rings is 2. The van der Waals surface area contributed by atoms with Crippen LogP contribution < -0.4 is 10.1 Å². The standard InChI is InChI=1S/C21H24Cl2N2O3/c1-13-6-5-7-19(14(13)2)28-12-20(26)25(15(3)21(27)24-4)11-16-8-9-17(22)18(23)10-16/h5-10,15H,11-12H2,1-4H3,(H,24,27)/t15-/m1/s1. The molecule has 150 valence electrons. The largest absolute Gasteiger partial charge is 0.483 e. The van der Waals surface area contributed by atoms with Gasteiger partial charge in [-0.05, 0) is 55.7 Å². The van der Waals surface area contributed by atoms with Crippen LogP contribution in [0.2, 0.25) is 10.0 Å². The average Bonchev–Trinajstić information content (AvgIpc) is 2.68. The number of hydrogen-bond acceptors (Lipinski definition) is 3. The number of carbonyl (C=O) groups excluding carboxylic acids is 2. The molecule has 1 atom stereocenters. The highest BCUT2D eigenvalue weighted by Crippen LogP contribution is 2.24. The Bertz CT molecular complexity index is 871. The maximum absolute atomic E-state index is 12.9. The van der Waals surface area contributed by atoms with Crippen LogP contribution in [-0.2, 0) is 16.1 Å². The number of likely N-dealkylation sites (N-methyl/N-ethyl adjacent to an activating group) is 1. The van der Waals surface area contributed by atoms with Crippen LogP contribution in [0.25, 0.3) is 0 Å². The van der Waals surface area contributed by atoms with E-state index in [9.17, 15) is 9.59 Å². The topological polar surface area (TPSA) is 58.6 Å². The molecule has 0 aliphatic heterocycles. The van der Waals surface area contributed by atoms with E-state index in [4.69, 9.17) is 27.9 Å². The highest BCUT2D eigenvalue weighted by Gasteiger charge is 2.26. The second-order valence-corrected chi connectivity index (χ2v) is 7.36. The summed E-state index contributed by atoms with van der Waals surface area (Å²) in [5.74, 6) is 0.0821. The fraction of sp³-hybridized carbons (Fsp3) is 0.333. The molecule has 0 fully saturated rings. The Morgan fingerprint density at radius 2 is 1.86 bits per heavy atom. The van der Waals surface area contributed by atoms with Gasteiger partial charge in [0.25, 0.3) is 5.91 Å². The van der Waals surface area contributed by atoms with Gasteiger partial charge in [-0.3, -0.25) is 9.59 Å². The third-order valence-corrected chi connectivity index (χ3v) is 5.40. The number of rotatable bonds is 7. The molecule has 2 aromatic carbocycles. The summed E-state index contributed by atoms with van der Waals surface area (Å²) in [4.78, 5) is 26.5. The molecule has 0 aromatic heterocycles. The summed E-state index contributed by atoms with van der Waals surface area (Å²) in [6, 6.07) is 10.1. The molecule has 0 aliphatic rings. The van der Waals surface area contributed by atoms with Gasteiger partial charge in [0.2, 0.25) is 5.91 Å². The van der Waals surface area contributed by atoms with Crippen LogP contribution in [0.4, 0.5) is 0 Å². The molecule has 28 heavy (non-hydrogen) atoms. The number of halogens is 2.